The van der Waals surface area contributed by atoms with E-state index in [1.807, 2.05) is 0 Å². The molecule has 0 aliphatic carbocycles. The third-order valence-electron chi connectivity index (χ3n) is 0.655. The first-order valence-corrected chi connectivity index (χ1v) is 2.48. The Morgan fingerprint density at radius 1 is 1.55 bits per heavy atom. The van der Waals surface area contributed by atoms with Gasteiger partial charge in [-0.05, 0) is 13.0 Å². The molecule has 5 nitrogen and oxygen atoms in total. The summed E-state index contributed by atoms with van der Waals surface area (Å²) in [6.45, 7) is 1.39. The van der Waals surface area contributed by atoms with Crippen LogP contribution in [0.3, 0.4) is 0 Å². The number of nitrogens with one attached hydrogen (secondary N) is 1. The molecule has 0 saturated carbocycles. The number of carboxylic acids is 1. The third kappa shape index (κ3) is 9.48. The zero-order chi connectivity index (χ0) is 8.15. The second-order valence-corrected chi connectivity index (χ2v) is 1.64. The largest absolute Gasteiger partial charge is 1.00 e. The van der Waals surface area contributed by atoms with Gasteiger partial charge in [0.15, 0.2) is 0 Å². The van der Waals surface area contributed by atoms with Crippen molar-refractivity contribution in [2.24, 2.45) is 5.73 Å². The number of primary amides is 1. The van der Waals surface area contributed by atoms with Crippen molar-refractivity contribution in [2.45, 2.75) is 6.92 Å². The Hall–Kier alpha value is -0.520. The maximum atomic E-state index is 10.0. The Bertz CT molecular complexity index is 190. The number of aliphatic carboxylic acids is 1. The van der Waals surface area contributed by atoms with Crippen LogP contribution in [0.4, 0.5) is 4.79 Å². The van der Waals surface area contributed by atoms with Gasteiger partial charge in [0.2, 0.25) is 0 Å². The minimum atomic E-state index is -1.37. The molecule has 0 bridgehead atoms. The molecule has 0 spiro atoms. The van der Waals surface area contributed by atoms with Crippen LogP contribution in [0, 0.1) is 0 Å². The second-order valence-electron chi connectivity index (χ2n) is 1.64. The van der Waals surface area contributed by atoms with Crippen molar-refractivity contribution < 1.29 is 44.3 Å². The van der Waals surface area contributed by atoms with Gasteiger partial charge >= 0.3 is 35.6 Å². The summed E-state index contributed by atoms with van der Waals surface area (Å²) in [6.07, 6.45) is 0.741. The van der Waals surface area contributed by atoms with Crippen molar-refractivity contribution in [3.8, 4) is 0 Å². The smallest absolute Gasteiger partial charge is 0.545 e. The Balaban J connectivity index is 0. The van der Waals surface area contributed by atoms with E-state index in [2.05, 4.69) is 11.1 Å². The fourth-order valence-corrected chi connectivity index (χ4v) is 0.407. The first-order chi connectivity index (χ1) is 4.52. The van der Waals surface area contributed by atoms with E-state index < -0.39 is 12.0 Å². The quantitative estimate of drug-likeness (QED) is 0.319. The van der Waals surface area contributed by atoms with Crippen molar-refractivity contribution in [3.63, 3.8) is 0 Å². The summed E-state index contributed by atoms with van der Waals surface area (Å²) in [7, 11) is 0. The molecule has 2 amide bonds. The van der Waals surface area contributed by atoms with E-state index >= 15 is 0 Å². The van der Waals surface area contributed by atoms with Crippen LogP contribution >= 0.6 is 0 Å². The summed E-state index contributed by atoms with van der Waals surface area (Å²) in [5.41, 5.74) is 4.81. The van der Waals surface area contributed by atoms with E-state index in [0.29, 0.717) is 0 Å². The zero-order valence-corrected chi connectivity index (χ0v) is 8.38. The first-order valence-electron chi connectivity index (χ1n) is 2.48. The number of hydrogen-bond donors (Lipinski definition) is 2. The second kappa shape index (κ2) is 6.21. The molecule has 0 rings (SSSR count). The van der Waals surface area contributed by atoms with Crippen LogP contribution in [0.25, 0.3) is 0 Å². The molecule has 0 aromatic heterocycles. The average Bonchev–Trinajstić information content (AvgIpc) is 1.58. The molecule has 3 N–H and O–H groups in total. The summed E-state index contributed by atoms with van der Waals surface area (Å²) >= 11 is 0. The molecular formula is C5H7N2NaO3. The van der Waals surface area contributed by atoms with Crippen molar-refractivity contribution >= 4 is 12.0 Å². The maximum absolute atomic E-state index is 10.0. The molecule has 0 saturated heterocycles. The van der Waals surface area contributed by atoms with E-state index in [9.17, 15) is 14.7 Å². The molecule has 0 aromatic rings. The number of carboxylic acid groups (broad SMARTS) is 1. The van der Waals surface area contributed by atoms with Gasteiger partial charge in [-0.25, -0.2) is 4.79 Å². The van der Waals surface area contributed by atoms with Crippen molar-refractivity contribution in [3.05, 3.63) is 11.8 Å². The van der Waals surface area contributed by atoms with Gasteiger partial charge in [-0.15, -0.1) is 0 Å². The normalized spacial score (nSPS) is 9.73. The molecule has 0 aliphatic heterocycles. The molecule has 0 heterocycles. The Morgan fingerprint density at radius 2 is 2.00 bits per heavy atom. The maximum Gasteiger partial charge on any atom is 1.00 e. The Labute approximate surface area is 85.9 Å². The first kappa shape index (κ1) is 13.1. The zero-order valence-electron chi connectivity index (χ0n) is 6.38. The van der Waals surface area contributed by atoms with Crippen molar-refractivity contribution in [1.82, 2.24) is 5.32 Å². The van der Waals surface area contributed by atoms with Crippen LogP contribution in [0.15, 0.2) is 11.8 Å². The minimum absolute atomic E-state index is 0. The summed E-state index contributed by atoms with van der Waals surface area (Å²) in [5, 5.41) is 11.9. The number of allylic oxidation sites excluding steroid dienone is 1. The van der Waals surface area contributed by atoms with Gasteiger partial charge in [0, 0.05) is 5.70 Å². The number of amides is 2. The van der Waals surface area contributed by atoms with Gasteiger partial charge in [-0.3, -0.25) is 0 Å². The summed E-state index contributed by atoms with van der Waals surface area (Å²) in [5.74, 6) is -1.37. The fourth-order valence-electron chi connectivity index (χ4n) is 0.407. The van der Waals surface area contributed by atoms with Crippen LogP contribution < -0.4 is 45.7 Å². The van der Waals surface area contributed by atoms with Crippen LogP contribution in [-0.2, 0) is 4.79 Å². The monoisotopic (exact) mass is 166 g/mol. The van der Waals surface area contributed by atoms with E-state index in [1.54, 1.807) is 0 Å². The number of carbonyl (C=O) groups is 2. The Morgan fingerprint density at radius 3 is 2.27 bits per heavy atom. The van der Waals surface area contributed by atoms with Gasteiger partial charge in [-0.2, -0.15) is 0 Å². The number of carbonyl (C=O) groups excluding carboxylic acids is 2. The molecule has 6 heteroatoms. The molecule has 11 heavy (non-hydrogen) atoms. The van der Waals surface area contributed by atoms with Gasteiger partial charge < -0.3 is 21.0 Å². The predicted molar refractivity (Wildman–Crippen MR) is 31.5 cm³/mol. The van der Waals surface area contributed by atoms with E-state index in [1.165, 1.54) is 6.92 Å². The standard InChI is InChI=1S/C5H8N2O3.Na/c1-3(2-4(8)9)7-5(6)10;/h2H,1H3,(H,8,9)(H3,6,7,10);/q;+1/p-1/b3-2+;. The molecule has 0 fully saturated rings. The number of nitrogens with two attached hydrogens (primary N) is 1. The van der Waals surface area contributed by atoms with Gasteiger partial charge in [-0.1, -0.05) is 0 Å². The topological polar surface area (TPSA) is 95.2 Å². The van der Waals surface area contributed by atoms with Crippen LogP contribution in [-0.4, -0.2) is 12.0 Å². The van der Waals surface area contributed by atoms with Crippen molar-refractivity contribution in [2.75, 3.05) is 0 Å². The summed E-state index contributed by atoms with van der Waals surface area (Å²) in [4.78, 5) is 19.9. The fraction of sp³-hybridized carbons (Fsp3) is 0.200. The predicted octanol–water partition coefficient (Wildman–Crippen LogP) is -4.69. The molecule has 0 aliphatic rings. The Kier molecular flexibility index (Phi) is 7.39. The average molecular weight is 166 g/mol. The van der Waals surface area contributed by atoms with E-state index in [0.717, 1.165) is 6.08 Å². The third-order valence-corrected chi connectivity index (χ3v) is 0.655. The molecule has 0 atom stereocenters. The SMILES string of the molecule is C/C(=C\C(=O)[O-])NC(N)=O.[Na+]. The molecule has 0 aromatic carbocycles. The van der Waals surface area contributed by atoms with Gasteiger partial charge in [0.05, 0.1) is 5.97 Å². The summed E-state index contributed by atoms with van der Waals surface area (Å²) < 4.78 is 0. The van der Waals surface area contributed by atoms with Gasteiger partial charge in [0.25, 0.3) is 0 Å². The van der Waals surface area contributed by atoms with Gasteiger partial charge in [0.1, 0.15) is 0 Å². The minimum Gasteiger partial charge on any atom is -0.545 e. The summed E-state index contributed by atoms with van der Waals surface area (Å²) in [6, 6.07) is -0.796. The molecular weight excluding hydrogens is 159 g/mol. The van der Waals surface area contributed by atoms with Crippen LogP contribution in [0.5, 0.6) is 0 Å². The number of hydrogen-bond acceptors (Lipinski definition) is 3. The number of urea groups is 1. The van der Waals surface area contributed by atoms with Crippen molar-refractivity contribution in [1.29, 1.82) is 0 Å². The molecule has 0 radical (unpaired) electrons. The van der Waals surface area contributed by atoms with E-state index in [-0.39, 0.29) is 35.3 Å². The van der Waals surface area contributed by atoms with Crippen LogP contribution in [0.2, 0.25) is 0 Å². The van der Waals surface area contributed by atoms with Crippen LogP contribution in [0.1, 0.15) is 6.92 Å². The molecule has 0 unspecified atom stereocenters. The number of rotatable bonds is 2. The van der Waals surface area contributed by atoms with E-state index in [4.69, 9.17) is 0 Å². The molecule has 56 valence electrons.